The Morgan fingerprint density at radius 2 is 1.95 bits per heavy atom. The molecule has 0 radical (unpaired) electrons. The third-order valence-electron chi connectivity index (χ3n) is 3.91. The number of fused-ring (bicyclic) bond motifs is 1. The molecule has 0 aliphatic carbocycles. The van der Waals surface area contributed by atoms with E-state index in [2.05, 4.69) is 60.0 Å². The van der Waals surface area contributed by atoms with E-state index in [4.69, 9.17) is 0 Å². The van der Waals surface area contributed by atoms with Gasteiger partial charge in [0.05, 0.1) is 0 Å². The van der Waals surface area contributed by atoms with Gasteiger partial charge in [0.15, 0.2) is 0 Å². The van der Waals surface area contributed by atoms with Crippen LogP contribution in [0.1, 0.15) is 30.0 Å². The van der Waals surface area contributed by atoms with Crippen LogP contribution in [0.15, 0.2) is 42.5 Å². The summed E-state index contributed by atoms with van der Waals surface area (Å²) in [5.41, 5.74) is 6.75. The quantitative estimate of drug-likeness (QED) is 0.846. The van der Waals surface area contributed by atoms with Crippen LogP contribution in [-0.2, 0) is 19.4 Å². The summed E-state index contributed by atoms with van der Waals surface area (Å²) in [6.45, 7) is 4.16. The van der Waals surface area contributed by atoms with Crippen molar-refractivity contribution in [2.75, 3.05) is 17.2 Å². The molecule has 20 heavy (non-hydrogen) atoms. The van der Waals surface area contributed by atoms with E-state index in [1.807, 2.05) is 0 Å². The Balaban J connectivity index is 1.66. The van der Waals surface area contributed by atoms with Crippen LogP contribution in [0.4, 0.5) is 11.4 Å². The number of rotatable bonds is 5. The molecule has 1 aliphatic rings. The number of anilines is 2. The van der Waals surface area contributed by atoms with E-state index in [0.717, 1.165) is 25.9 Å². The first kappa shape index (κ1) is 13.0. The highest BCUT2D eigenvalue weighted by Gasteiger charge is 2.12. The summed E-state index contributed by atoms with van der Waals surface area (Å²) < 4.78 is 0. The maximum Gasteiger partial charge on any atom is 0.0424 e. The third kappa shape index (κ3) is 2.79. The molecule has 1 aliphatic heterocycles. The van der Waals surface area contributed by atoms with Gasteiger partial charge < -0.3 is 10.6 Å². The van der Waals surface area contributed by atoms with Crippen LogP contribution in [-0.4, -0.2) is 6.54 Å². The fourth-order valence-corrected chi connectivity index (χ4v) is 2.83. The Hall–Kier alpha value is -1.96. The molecule has 0 saturated heterocycles. The van der Waals surface area contributed by atoms with Crippen molar-refractivity contribution in [2.24, 2.45) is 0 Å². The summed E-state index contributed by atoms with van der Waals surface area (Å²) in [7, 11) is 0. The topological polar surface area (TPSA) is 24.1 Å². The molecule has 1 heterocycles. The van der Waals surface area contributed by atoms with Gasteiger partial charge >= 0.3 is 0 Å². The molecular formula is C18H22N2. The van der Waals surface area contributed by atoms with Gasteiger partial charge in [-0.05, 0) is 41.7 Å². The van der Waals surface area contributed by atoms with Crippen LogP contribution in [0.2, 0.25) is 0 Å². The Bertz CT molecular complexity index is 572. The van der Waals surface area contributed by atoms with Gasteiger partial charge in [-0.15, -0.1) is 0 Å². The summed E-state index contributed by atoms with van der Waals surface area (Å²) in [4.78, 5) is 0. The Morgan fingerprint density at radius 3 is 2.75 bits per heavy atom. The number of nitrogens with one attached hydrogen (secondary N) is 2. The Labute approximate surface area is 121 Å². The standard InChI is InChI=1S/C18H22N2/c1-2-4-14-7-9-17(10-8-14)20-13-16-6-3-5-15-11-12-19-18(15)16/h3,5-10,19-20H,2,4,11-13H2,1H3. The number of benzene rings is 2. The average Bonchev–Trinajstić information content (AvgIpc) is 2.96. The number of aryl methyl sites for hydroxylation is 1. The van der Waals surface area contributed by atoms with E-state index in [9.17, 15) is 0 Å². The fraction of sp³-hybridized carbons (Fsp3) is 0.333. The molecule has 0 saturated carbocycles. The van der Waals surface area contributed by atoms with E-state index < -0.39 is 0 Å². The zero-order valence-electron chi connectivity index (χ0n) is 12.1. The second-order valence-electron chi connectivity index (χ2n) is 5.43. The van der Waals surface area contributed by atoms with Crippen molar-refractivity contribution in [1.82, 2.24) is 0 Å². The van der Waals surface area contributed by atoms with Gasteiger partial charge in [-0.25, -0.2) is 0 Å². The molecule has 0 fully saturated rings. The van der Waals surface area contributed by atoms with Gasteiger partial charge in [0, 0.05) is 24.5 Å². The van der Waals surface area contributed by atoms with E-state index in [1.165, 1.54) is 34.5 Å². The van der Waals surface area contributed by atoms with Gasteiger partial charge in [0.1, 0.15) is 0 Å². The maximum absolute atomic E-state index is 3.52. The van der Waals surface area contributed by atoms with Crippen molar-refractivity contribution in [3.8, 4) is 0 Å². The summed E-state index contributed by atoms with van der Waals surface area (Å²) in [5, 5.41) is 7.01. The van der Waals surface area contributed by atoms with Crippen LogP contribution in [0.3, 0.4) is 0 Å². The molecule has 0 atom stereocenters. The van der Waals surface area contributed by atoms with Gasteiger partial charge in [-0.2, -0.15) is 0 Å². The largest absolute Gasteiger partial charge is 0.384 e. The van der Waals surface area contributed by atoms with Crippen molar-refractivity contribution in [2.45, 2.75) is 32.7 Å². The Morgan fingerprint density at radius 1 is 1.10 bits per heavy atom. The number of para-hydroxylation sites is 1. The van der Waals surface area contributed by atoms with E-state index in [0.29, 0.717) is 0 Å². The van der Waals surface area contributed by atoms with Gasteiger partial charge in [-0.3, -0.25) is 0 Å². The fourth-order valence-electron chi connectivity index (χ4n) is 2.83. The maximum atomic E-state index is 3.52. The minimum absolute atomic E-state index is 0.878. The van der Waals surface area contributed by atoms with Crippen LogP contribution in [0.25, 0.3) is 0 Å². The first-order valence-corrected chi connectivity index (χ1v) is 7.54. The lowest BCUT2D eigenvalue weighted by molar-refractivity contribution is 0.922. The second-order valence-corrected chi connectivity index (χ2v) is 5.43. The molecule has 0 unspecified atom stereocenters. The predicted octanol–water partition coefficient (Wildman–Crippen LogP) is 4.22. The molecule has 0 spiro atoms. The molecule has 2 aromatic carbocycles. The van der Waals surface area contributed by atoms with Crippen molar-refractivity contribution in [3.63, 3.8) is 0 Å². The number of hydrogen-bond acceptors (Lipinski definition) is 2. The smallest absolute Gasteiger partial charge is 0.0424 e. The monoisotopic (exact) mass is 266 g/mol. The van der Waals surface area contributed by atoms with E-state index in [1.54, 1.807) is 0 Å². The number of hydrogen-bond donors (Lipinski definition) is 2. The molecule has 3 rings (SSSR count). The van der Waals surface area contributed by atoms with Crippen LogP contribution in [0, 0.1) is 0 Å². The van der Waals surface area contributed by atoms with E-state index >= 15 is 0 Å². The molecule has 2 nitrogen and oxygen atoms in total. The van der Waals surface area contributed by atoms with Crippen LogP contribution < -0.4 is 10.6 Å². The van der Waals surface area contributed by atoms with Crippen molar-refractivity contribution in [1.29, 1.82) is 0 Å². The van der Waals surface area contributed by atoms with Gasteiger partial charge in [-0.1, -0.05) is 43.7 Å². The highest BCUT2D eigenvalue weighted by atomic mass is 14.9. The van der Waals surface area contributed by atoms with Crippen LogP contribution >= 0.6 is 0 Å². The molecule has 2 aromatic rings. The molecule has 0 aromatic heterocycles. The minimum atomic E-state index is 0.878. The second kappa shape index (κ2) is 6.00. The van der Waals surface area contributed by atoms with Gasteiger partial charge in [0.2, 0.25) is 0 Å². The lowest BCUT2D eigenvalue weighted by Gasteiger charge is -2.11. The average molecular weight is 266 g/mol. The molecular weight excluding hydrogens is 244 g/mol. The van der Waals surface area contributed by atoms with Gasteiger partial charge in [0.25, 0.3) is 0 Å². The molecule has 0 amide bonds. The van der Waals surface area contributed by atoms with Crippen molar-refractivity contribution < 1.29 is 0 Å². The summed E-state index contributed by atoms with van der Waals surface area (Å²) in [5.74, 6) is 0. The normalized spacial score (nSPS) is 12.8. The molecule has 2 heteroatoms. The lowest BCUT2D eigenvalue weighted by atomic mass is 10.1. The third-order valence-corrected chi connectivity index (χ3v) is 3.91. The highest BCUT2D eigenvalue weighted by molar-refractivity contribution is 5.62. The SMILES string of the molecule is CCCc1ccc(NCc2cccc3c2NCC3)cc1. The first-order valence-electron chi connectivity index (χ1n) is 7.54. The molecule has 0 bridgehead atoms. The predicted molar refractivity (Wildman–Crippen MR) is 86.4 cm³/mol. The highest BCUT2D eigenvalue weighted by Crippen LogP contribution is 2.27. The van der Waals surface area contributed by atoms with Crippen LogP contribution in [0.5, 0.6) is 0 Å². The van der Waals surface area contributed by atoms with E-state index in [-0.39, 0.29) is 0 Å². The summed E-state index contributed by atoms with van der Waals surface area (Å²) in [6, 6.07) is 15.4. The summed E-state index contributed by atoms with van der Waals surface area (Å²) in [6.07, 6.45) is 3.51. The lowest BCUT2D eigenvalue weighted by Crippen LogP contribution is -2.03. The molecule has 2 N–H and O–H groups in total. The zero-order chi connectivity index (χ0) is 13.8. The molecule has 104 valence electrons. The van der Waals surface area contributed by atoms with Crippen molar-refractivity contribution >= 4 is 11.4 Å². The minimum Gasteiger partial charge on any atom is -0.384 e. The zero-order valence-corrected chi connectivity index (χ0v) is 12.1. The van der Waals surface area contributed by atoms with Crippen molar-refractivity contribution in [3.05, 3.63) is 59.2 Å². The summed E-state index contributed by atoms with van der Waals surface area (Å²) >= 11 is 0. The first-order chi connectivity index (χ1) is 9.86. The Kier molecular flexibility index (Phi) is 3.91.